The van der Waals surface area contributed by atoms with E-state index in [2.05, 4.69) is 11.8 Å². The molecular weight excluding hydrogens is 244 g/mol. The largest absolute Gasteiger partial charge is 0.508 e. The lowest BCUT2D eigenvalue weighted by atomic mass is 10.1. The zero-order chi connectivity index (χ0) is 13.8. The molecule has 0 saturated carbocycles. The van der Waals surface area contributed by atoms with Gasteiger partial charge in [-0.15, -0.1) is 0 Å². The topological polar surface area (TPSA) is 75.8 Å². The number of rotatable bonds is 6. The molecule has 5 nitrogen and oxygen atoms in total. The van der Waals surface area contributed by atoms with Gasteiger partial charge in [-0.05, 0) is 25.1 Å². The third-order valence-corrected chi connectivity index (χ3v) is 3.35. The summed E-state index contributed by atoms with van der Waals surface area (Å²) in [4.78, 5) is 13.2. The molecule has 0 radical (unpaired) electrons. The molecule has 1 aromatic carbocycles. The third kappa shape index (κ3) is 3.17. The average molecular weight is 264 g/mol. The number of primary amides is 1. The van der Waals surface area contributed by atoms with Crippen LogP contribution in [0.1, 0.15) is 31.4 Å². The first kappa shape index (κ1) is 13.7. The van der Waals surface area contributed by atoms with Crippen molar-refractivity contribution < 1.29 is 14.6 Å². The van der Waals surface area contributed by atoms with Crippen molar-refractivity contribution in [3.63, 3.8) is 0 Å². The third-order valence-electron chi connectivity index (χ3n) is 3.35. The van der Waals surface area contributed by atoms with E-state index in [1.54, 1.807) is 12.1 Å². The van der Waals surface area contributed by atoms with Crippen molar-refractivity contribution in [2.45, 2.75) is 25.8 Å². The van der Waals surface area contributed by atoms with Gasteiger partial charge in [-0.3, -0.25) is 9.69 Å². The maximum absolute atomic E-state index is 11.2. The summed E-state index contributed by atoms with van der Waals surface area (Å²) in [5, 5.41) is 9.44. The summed E-state index contributed by atoms with van der Waals surface area (Å²) in [5.41, 5.74) is 6.32. The SMILES string of the molecule is CCCCN(CC(N)=O)C1COc2cc(O)ccc21. The Bertz CT molecular complexity index is 462. The Balaban J connectivity index is 2.17. The smallest absolute Gasteiger partial charge is 0.231 e. The first-order chi connectivity index (χ1) is 9.11. The summed E-state index contributed by atoms with van der Waals surface area (Å²) in [6.07, 6.45) is 2.07. The fraction of sp³-hybridized carbons (Fsp3) is 0.500. The summed E-state index contributed by atoms with van der Waals surface area (Å²) in [6.45, 7) is 3.65. The molecule has 1 unspecified atom stereocenters. The predicted molar refractivity (Wildman–Crippen MR) is 72.0 cm³/mol. The fourth-order valence-electron chi connectivity index (χ4n) is 2.39. The number of fused-ring (bicyclic) bond motifs is 1. The van der Waals surface area contributed by atoms with Gasteiger partial charge in [-0.25, -0.2) is 0 Å². The molecule has 1 heterocycles. The van der Waals surface area contributed by atoms with E-state index in [1.807, 2.05) is 6.07 Å². The first-order valence-electron chi connectivity index (χ1n) is 6.60. The fourth-order valence-corrected chi connectivity index (χ4v) is 2.39. The standard InChI is InChI=1S/C14H20N2O3/c1-2-3-6-16(8-14(15)18)12-9-19-13-7-10(17)4-5-11(12)13/h4-5,7,12,17H,2-3,6,8-9H2,1H3,(H2,15,18). The molecule has 0 aromatic heterocycles. The quantitative estimate of drug-likeness (QED) is 0.814. The summed E-state index contributed by atoms with van der Waals surface area (Å²) in [6, 6.07) is 5.14. The molecule has 1 aromatic rings. The molecule has 1 atom stereocenters. The van der Waals surface area contributed by atoms with E-state index >= 15 is 0 Å². The van der Waals surface area contributed by atoms with Crippen LogP contribution in [-0.4, -0.2) is 35.6 Å². The minimum Gasteiger partial charge on any atom is -0.508 e. The maximum Gasteiger partial charge on any atom is 0.231 e. The molecule has 2 rings (SSSR count). The van der Waals surface area contributed by atoms with Crippen LogP contribution in [0.5, 0.6) is 11.5 Å². The highest BCUT2D eigenvalue weighted by atomic mass is 16.5. The summed E-state index contributed by atoms with van der Waals surface area (Å²) in [5.74, 6) is 0.550. The van der Waals surface area contributed by atoms with Gasteiger partial charge in [0, 0.05) is 11.6 Å². The molecule has 0 fully saturated rings. The van der Waals surface area contributed by atoms with Gasteiger partial charge in [0.1, 0.15) is 18.1 Å². The maximum atomic E-state index is 11.2. The molecule has 0 spiro atoms. The molecule has 0 aliphatic carbocycles. The van der Waals surface area contributed by atoms with Gasteiger partial charge in [-0.1, -0.05) is 13.3 Å². The van der Waals surface area contributed by atoms with E-state index in [0.29, 0.717) is 12.4 Å². The Labute approximate surface area is 113 Å². The van der Waals surface area contributed by atoms with E-state index in [1.165, 1.54) is 0 Å². The van der Waals surface area contributed by atoms with Crippen LogP contribution in [0.4, 0.5) is 0 Å². The van der Waals surface area contributed by atoms with Crippen LogP contribution in [0.25, 0.3) is 0 Å². The van der Waals surface area contributed by atoms with E-state index in [4.69, 9.17) is 10.5 Å². The number of hydrogen-bond acceptors (Lipinski definition) is 4. The number of nitrogens with two attached hydrogens (primary N) is 1. The molecular formula is C14H20N2O3. The lowest BCUT2D eigenvalue weighted by Crippen LogP contribution is -2.38. The Kier molecular flexibility index (Phi) is 4.27. The summed E-state index contributed by atoms with van der Waals surface area (Å²) < 4.78 is 5.58. The van der Waals surface area contributed by atoms with Crippen molar-refractivity contribution in [1.29, 1.82) is 0 Å². The number of carbonyl (C=O) groups is 1. The number of carbonyl (C=O) groups excluding carboxylic acids is 1. The van der Waals surface area contributed by atoms with Crippen molar-refractivity contribution in [3.8, 4) is 11.5 Å². The van der Waals surface area contributed by atoms with Gasteiger partial charge < -0.3 is 15.6 Å². The number of phenolic OH excluding ortho intramolecular Hbond substituents is 1. The van der Waals surface area contributed by atoms with Crippen LogP contribution in [0, 0.1) is 0 Å². The second kappa shape index (κ2) is 5.93. The molecule has 104 valence electrons. The summed E-state index contributed by atoms with van der Waals surface area (Å²) >= 11 is 0. The zero-order valence-electron chi connectivity index (χ0n) is 11.1. The van der Waals surface area contributed by atoms with Gasteiger partial charge in [-0.2, -0.15) is 0 Å². The van der Waals surface area contributed by atoms with Crippen LogP contribution >= 0.6 is 0 Å². The molecule has 1 amide bonds. The minimum absolute atomic E-state index is 0.0367. The number of hydrogen-bond donors (Lipinski definition) is 2. The number of nitrogens with zero attached hydrogens (tertiary/aromatic N) is 1. The Morgan fingerprint density at radius 2 is 2.37 bits per heavy atom. The number of ether oxygens (including phenoxy) is 1. The zero-order valence-corrected chi connectivity index (χ0v) is 11.1. The normalized spacial score (nSPS) is 17.3. The molecule has 3 N–H and O–H groups in total. The Morgan fingerprint density at radius 1 is 1.58 bits per heavy atom. The lowest BCUT2D eigenvalue weighted by Gasteiger charge is -2.26. The second-order valence-corrected chi connectivity index (χ2v) is 4.84. The van der Waals surface area contributed by atoms with Crippen molar-refractivity contribution in [2.75, 3.05) is 19.7 Å². The van der Waals surface area contributed by atoms with Crippen LogP contribution in [-0.2, 0) is 4.79 Å². The molecule has 1 aliphatic heterocycles. The van der Waals surface area contributed by atoms with Gasteiger partial charge >= 0.3 is 0 Å². The summed E-state index contributed by atoms with van der Waals surface area (Å²) in [7, 11) is 0. The first-order valence-corrected chi connectivity index (χ1v) is 6.60. The molecule has 5 heteroatoms. The number of unbranched alkanes of at least 4 members (excludes halogenated alkanes) is 1. The Morgan fingerprint density at radius 3 is 3.05 bits per heavy atom. The van der Waals surface area contributed by atoms with E-state index in [-0.39, 0.29) is 24.2 Å². The average Bonchev–Trinajstić information content (AvgIpc) is 2.76. The Hall–Kier alpha value is -1.75. The van der Waals surface area contributed by atoms with Crippen LogP contribution in [0.15, 0.2) is 18.2 Å². The second-order valence-electron chi connectivity index (χ2n) is 4.84. The highest BCUT2D eigenvalue weighted by Crippen LogP contribution is 2.38. The number of aromatic hydroxyl groups is 1. The van der Waals surface area contributed by atoms with Crippen LogP contribution in [0.3, 0.4) is 0 Å². The minimum atomic E-state index is -0.330. The van der Waals surface area contributed by atoms with Gasteiger partial charge in [0.25, 0.3) is 0 Å². The van der Waals surface area contributed by atoms with Crippen molar-refractivity contribution >= 4 is 5.91 Å². The van der Waals surface area contributed by atoms with Crippen LogP contribution < -0.4 is 10.5 Å². The van der Waals surface area contributed by atoms with E-state index < -0.39 is 0 Å². The number of amides is 1. The van der Waals surface area contributed by atoms with E-state index in [9.17, 15) is 9.90 Å². The predicted octanol–water partition coefficient (Wildman–Crippen LogP) is 1.41. The molecule has 0 bridgehead atoms. The highest BCUT2D eigenvalue weighted by molar-refractivity contribution is 5.76. The van der Waals surface area contributed by atoms with Gasteiger partial charge in [0.2, 0.25) is 5.91 Å². The molecule has 1 aliphatic rings. The monoisotopic (exact) mass is 264 g/mol. The van der Waals surface area contributed by atoms with Gasteiger partial charge in [0.15, 0.2) is 0 Å². The highest BCUT2D eigenvalue weighted by Gasteiger charge is 2.30. The number of benzene rings is 1. The number of phenols is 1. The molecule has 19 heavy (non-hydrogen) atoms. The lowest BCUT2D eigenvalue weighted by molar-refractivity contribution is -0.119. The van der Waals surface area contributed by atoms with Gasteiger partial charge in [0.05, 0.1) is 12.6 Å². The van der Waals surface area contributed by atoms with Crippen LogP contribution in [0.2, 0.25) is 0 Å². The van der Waals surface area contributed by atoms with Crippen molar-refractivity contribution in [3.05, 3.63) is 23.8 Å². The molecule has 0 saturated heterocycles. The van der Waals surface area contributed by atoms with E-state index in [0.717, 1.165) is 24.9 Å². The van der Waals surface area contributed by atoms with Crippen molar-refractivity contribution in [2.24, 2.45) is 5.73 Å². The van der Waals surface area contributed by atoms with Crippen molar-refractivity contribution in [1.82, 2.24) is 4.90 Å².